The number of nitrogens with one attached hydrogen (secondary N) is 1. The molecule has 0 fully saturated rings. The molecule has 7 heteroatoms. The summed E-state index contributed by atoms with van der Waals surface area (Å²) < 4.78 is 12.4. The fourth-order valence-electron chi connectivity index (χ4n) is 2.89. The molecule has 0 spiro atoms. The monoisotopic (exact) mass is 385 g/mol. The summed E-state index contributed by atoms with van der Waals surface area (Å²) >= 11 is 6.03. The van der Waals surface area contributed by atoms with Crippen molar-refractivity contribution in [3.8, 4) is 11.5 Å². The zero-order chi connectivity index (χ0) is 19.6. The number of amides is 1. The first kappa shape index (κ1) is 18.8. The third kappa shape index (κ3) is 3.75. The van der Waals surface area contributed by atoms with Gasteiger partial charge in [0, 0.05) is 28.5 Å². The Balaban J connectivity index is 1.87. The van der Waals surface area contributed by atoms with E-state index in [9.17, 15) is 4.79 Å². The standard InChI is InChI=1S/C20H20ClN3O3/c1-12(16-11-15(26-3)6-8-19(16)27-4)22-23-20(25)18-10-13-9-14(21)5-7-17(13)24(18)2/h5-11H,1-4H3,(H,23,25). The lowest BCUT2D eigenvalue weighted by molar-refractivity contribution is 0.0947. The molecule has 0 atom stereocenters. The third-order valence-electron chi connectivity index (χ3n) is 4.36. The van der Waals surface area contributed by atoms with Gasteiger partial charge in [-0.2, -0.15) is 5.10 Å². The first-order valence-corrected chi connectivity index (χ1v) is 8.64. The second-order valence-corrected chi connectivity index (χ2v) is 6.43. The minimum absolute atomic E-state index is 0.314. The van der Waals surface area contributed by atoms with Gasteiger partial charge in [0.1, 0.15) is 17.2 Å². The number of benzene rings is 2. The summed E-state index contributed by atoms with van der Waals surface area (Å²) in [4.78, 5) is 12.6. The van der Waals surface area contributed by atoms with Gasteiger partial charge in [-0.25, -0.2) is 5.43 Å². The molecule has 0 aliphatic heterocycles. The van der Waals surface area contributed by atoms with Crippen molar-refractivity contribution < 1.29 is 14.3 Å². The van der Waals surface area contributed by atoms with E-state index in [1.54, 1.807) is 50.0 Å². The van der Waals surface area contributed by atoms with Crippen LogP contribution in [-0.2, 0) is 7.05 Å². The number of hydrogen-bond acceptors (Lipinski definition) is 4. The Kier molecular flexibility index (Phi) is 5.37. The number of rotatable bonds is 5. The number of aromatic nitrogens is 1. The molecule has 0 aliphatic carbocycles. The maximum Gasteiger partial charge on any atom is 0.288 e. The highest BCUT2D eigenvalue weighted by Gasteiger charge is 2.14. The highest BCUT2D eigenvalue weighted by molar-refractivity contribution is 6.31. The number of nitrogens with zero attached hydrogens (tertiary/aromatic N) is 2. The quantitative estimate of drug-likeness (QED) is 0.533. The maximum atomic E-state index is 12.6. The van der Waals surface area contributed by atoms with Crippen LogP contribution in [-0.4, -0.2) is 30.4 Å². The minimum atomic E-state index is -0.314. The van der Waals surface area contributed by atoms with Gasteiger partial charge in [0.25, 0.3) is 5.91 Å². The summed E-state index contributed by atoms with van der Waals surface area (Å²) in [5.41, 5.74) is 5.34. The summed E-state index contributed by atoms with van der Waals surface area (Å²) in [6.07, 6.45) is 0. The largest absolute Gasteiger partial charge is 0.497 e. The molecule has 1 amide bonds. The summed E-state index contributed by atoms with van der Waals surface area (Å²) in [6, 6.07) is 12.7. The summed E-state index contributed by atoms with van der Waals surface area (Å²) in [6.45, 7) is 1.79. The second-order valence-electron chi connectivity index (χ2n) is 6.00. The Bertz CT molecular complexity index is 1040. The van der Waals surface area contributed by atoms with Crippen LogP contribution in [0.3, 0.4) is 0 Å². The number of carbonyl (C=O) groups is 1. The number of hydrogen-bond donors (Lipinski definition) is 1. The van der Waals surface area contributed by atoms with Crippen molar-refractivity contribution in [3.63, 3.8) is 0 Å². The van der Waals surface area contributed by atoms with Gasteiger partial charge in [-0.1, -0.05) is 11.6 Å². The molecule has 3 rings (SSSR count). The molecule has 140 valence electrons. The van der Waals surface area contributed by atoms with E-state index in [0.29, 0.717) is 27.9 Å². The van der Waals surface area contributed by atoms with Gasteiger partial charge in [0.05, 0.1) is 19.9 Å². The zero-order valence-corrected chi connectivity index (χ0v) is 16.3. The third-order valence-corrected chi connectivity index (χ3v) is 4.59. The Morgan fingerprint density at radius 2 is 1.89 bits per heavy atom. The van der Waals surface area contributed by atoms with Crippen molar-refractivity contribution in [1.82, 2.24) is 9.99 Å². The van der Waals surface area contributed by atoms with Crippen molar-refractivity contribution in [1.29, 1.82) is 0 Å². The fraction of sp³-hybridized carbons (Fsp3) is 0.200. The average molecular weight is 386 g/mol. The molecule has 27 heavy (non-hydrogen) atoms. The van der Waals surface area contributed by atoms with Crippen LogP contribution in [0.1, 0.15) is 23.0 Å². The highest BCUT2D eigenvalue weighted by atomic mass is 35.5. The fourth-order valence-corrected chi connectivity index (χ4v) is 3.07. The Hall–Kier alpha value is -2.99. The molecule has 1 heterocycles. The van der Waals surface area contributed by atoms with Gasteiger partial charge in [-0.05, 0) is 49.4 Å². The normalized spacial score (nSPS) is 11.5. The number of fused-ring (bicyclic) bond motifs is 1. The summed E-state index contributed by atoms with van der Waals surface area (Å²) in [5, 5.41) is 5.74. The van der Waals surface area contributed by atoms with E-state index in [4.69, 9.17) is 21.1 Å². The van der Waals surface area contributed by atoms with E-state index in [1.165, 1.54) is 0 Å². The number of hydrazone groups is 1. The summed E-state index contributed by atoms with van der Waals surface area (Å²) in [7, 11) is 5.00. The van der Waals surface area contributed by atoms with Crippen LogP contribution in [0.4, 0.5) is 0 Å². The number of aryl methyl sites for hydroxylation is 1. The van der Waals surface area contributed by atoms with Crippen molar-refractivity contribution in [2.75, 3.05) is 14.2 Å². The predicted octanol–water partition coefficient (Wildman–Crippen LogP) is 4.00. The lowest BCUT2D eigenvalue weighted by Crippen LogP contribution is -2.21. The molecule has 0 aliphatic rings. The number of methoxy groups -OCH3 is 2. The SMILES string of the molecule is COc1ccc(OC)c(C(C)=NNC(=O)c2cc3cc(Cl)ccc3n2C)c1. The smallest absolute Gasteiger partial charge is 0.288 e. The molecule has 3 aromatic rings. The molecule has 0 saturated heterocycles. The molecule has 0 saturated carbocycles. The Morgan fingerprint density at radius 1 is 1.11 bits per heavy atom. The van der Waals surface area contributed by atoms with Gasteiger partial charge < -0.3 is 14.0 Å². The van der Waals surface area contributed by atoms with Crippen LogP contribution < -0.4 is 14.9 Å². The summed E-state index contributed by atoms with van der Waals surface area (Å²) in [5.74, 6) is 1.01. The molecular formula is C20H20ClN3O3. The van der Waals surface area contributed by atoms with Gasteiger partial charge in [0.2, 0.25) is 0 Å². The van der Waals surface area contributed by atoms with E-state index in [1.807, 2.05) is 25.2 Å². The number of carbonyl (C=O) groups excluding carboxylic acids is 1. The molecule has 2 aromatic carbocycles. The molecule has 6 nitrogen and oxygen atoms in total. The predicted molar refractivity (Wildman–Crippen MR) is 107 cm³/mol. The van der Waals surface area contributed by atoms with Crippen molar-refractivity contribution >= 4 is 34.1 Å². The van der Waals surface area contributed by atoms with Crippen molar-refractivity contribution in [2.45, 2.75) is 6.92 Å². The average Bonchev–Trinajstić information content (AvgIpc) is 3.01. The van der Waals surface area contributed by atoms with Crippen LogP contribution in [0.15, 0.2) is 47.6 Å². The molecule has 0 bridgehead atoms. The van der Waals surface area contributed by atoms with Gasteiger partial charge in [-0.15, -0.1) is 0 Å². The van der Waals surface area contributed by atoms with E-state index in [-0.39, 0.29) is 5.91 Å². The van der Waals surface area contributed by atoms with Crippen molar-refractivity contribution in [2.24, 2.45) is 12.1 Å². The molecule has 1 aromatic heterocycles. The van der Waals surface area contributed by atoms with Gasteiger partial charge >= 0.3 is 0 Å². The zero-order valence-electron chi connectivity index (χ0n) is 15.5. The first-order valence-electron chi connectivity index (χ1n) is 8.26. The van der Waals surface area contributed by atoms with Crippen LogP contribution >= 0.6 is 11.6 Å². The minimum Gasteiger partial charge on any atom is -0.497 e. The maximum absolute atomic E-state index is 12.6. The van der Waals surface area contributed by atoms with Crippen LogP contribution in [0.5, 0.6) is 11.5 Å². The molecule has 0 unspecified atom stereocenters. The van der Waals surface area contributed by atoms with E-state index in [2.05, 4.69) is 10.5 Å². The Morgan fingerprint density at radius 3 is 2.59 bits per heavy atom. The molecule has 1 N–H and O–H groups in total. The van der Waals surface area contributed by atoms with Crippen LogP contribution in [0.2, 0.25) is 5.02 Å². The Labute approximate surface area is 162 Å². The molecular weight excluding hydrogens is 366 g/mol. The first-order chi connectivity index (χ1) is 12.9. The topological polar surface area (TPSA) is 64.8 Å². The van der Waals surface area contributed by atoms with E-state index in [0.717, 1.165) is 16.5 Å². The van der Waals surface area contributed by atoms with Crippen molar-refractivity contribution in [3.05, 3.63) is 58.7 Å². The lowest BCUT2D eigenvalue weighted by Gasteiger charge is -2.10. The van der Waals surface area contributed by atoms with E-state index >= 15 is 0 Å². The number of halogens is 1. The lowest BCUT2D eigenvalue weighted by atomic mass is 10.1. The molecule has 0 radical (unpaired) electrons. The van der Waals surface area contributed by atoms with Gasteiger partial charge in [0.15, 0.2) is 0 Å². The van der Waals surface area contributed by atoms with Crippen LogP contribution in [0, 0.1) is 0 Å². The van der Waals surface area contributed by atoms with E-state index < -0.39 is 0 Å². The van der Waals surface area contributed by atoms with Crippen LogP contribution in [0.25, 0.3) is 10.9 Å². The highest BCUT2D eigenvalue weighted by Crippen LogP contribution is 2.25. The second kappa shape index (κ2) is 7.72. The number of ether oxygens (including phenoxy) is 2. The van der Waals surface area contributed by atoms with Gasteiger partial charge in [-0.3, -0.25) is 4.79 Å².